The van der Waals surface area contributed by atoms with Gasteiger partial charge in [0.05, 0.1) is 34.5 Å². The maximum Gasteiger partial charge on any atom is 0.238 e. The average molecular weight is 366 g/mol. The van der Waals surface area contributed by atoms with Crippen molar-refractivity contribution in [3.8, 4) is 0 Å². The van der Waals surface area contributed by atoms with Crippen LogP contribution in [0.1, 0.15) is 0 Å². The van der Waals surface area contributed by atoms with Gasteiger partial charge in [0.2, 0.25) is 11.8 Å². The van der Waals surface area contributed by atoms with E-state index in [4.69, 9.17) is 23.2 Å². The standard InChI is InChI=1S/C17H17Cl2N3O2/c1-22(10-16(23)20-14-8-4-2-6-12(14)18)11-17(24)21-15-9-5-3-7-13(15)19/h2-9H,10-11H2,1H3,(H,20,23)(H,21,24). The van der Waals surface area contributed by atoms with Crippen molar-refractivity contribution in [1.29, 1.82) is 0 Å². The molecule has 5 nitrogen and oxygen atoms in total. The minimum Gasteiger partial charge on any atom is -0.324 e. The number of halogens is 2. The van der Waals surface area contributed by atoms with E-state index in [1.165, 1.54) is 0 Å². The molecule has 0 aromatic heterocycles. The number of carbonyl (C=O) groups excluding carboxylic acids is 2. The lowest BCUT2D eigenvalue weighted by Crippen LogP contribution is -2.36. The molecule has 2 aromatic rings. The Labute approximate surface area is 150 Å². The van der Waals surface area contributed by atoms with Crippen molar-refractivity contribution in [2.45, 2.75) is 0 Å². The molecule has 0 aliphatic rings. The maximum atomic E-state index is 12.0. The van der Waals surface area contributed by atoms with Gasteiger partial charge in [-0.1, -0.05) is 47.5 Å². The van der Waals surface area contributed by atoms with E-state index in [9.17, 15) is 9.59 Å². The van der Waals surface area contributed by atoms with Crippen LogP contribution in [0.5, 0.6) is 0 Å². The van der Waals surface area contributed by atoms with Crippen LogP contribution in [0.25, 0.3) is 0 Å². The van der Waals surface area contributed by atoms with Gasteiger partial charge >= 0.3 is 0 Å². The van der Waals surface area contributed by atoms with Crippen LogP contribution in [-0.4, -0.2) is 36.9 Å². The average Bonchev–Trinajstić information content (AvgIpc) is 2.51. The fourth-order valence-electron chi connectivity index (χ4n) is 2.05. The zero-order valence-corrected chi connectivity index (χ0v) is 14.6. The minimum atomic E-state index is -0.254. The second-order valence-electron chi connectivity index (χ2n) is 5.23. The molecule has 0 radical (unpaired) electrons. The van der Waals surface area contributed by atoms with Gasteiger partial charge in [0.25, 0.3) is 0 Å². The topological polar surface area (TPSA) is 61.4 Å². The molecule has 0 atom stereocenters. The molecule has 0 aliphatic carbocycles. The summed E-state index contributed by atoms with van der Waals surface area (Å²) >= 11 is 12.0. The summed E-state index contributed by atoms with van der Waals surface area (Å²) in [5.74, 6) is -0.507. The molecule has 2 rings (SSSR count). The Hall–Kier alpha value is -2.08. The maximum absolute atomic E-state index is 12.0. The number of nitrogens with zero attached hydrogens (tertiary/aromatic N) is 1. The highest BCUT2D eigenvalue weighted by Gasteiger charge is 2.12. The fraction of sp³-hybridized carbons (Fsp3) is 0.176. The number of hydrogen-bond donors (Lipinski definition) is 2. The molecule has 0 aliphatic heterocycles. The molecule has 2 amide bonds. The van der Waals surface area contributed by atoms with Crippen LogP contribution < -0.4 is 10.6 Å². The smallest absolute Gasteiger partial charge is 0.238 e. The van der Waals surface area contributed by atoms with Crippen LogP contribution in [0.2, 0.25) is 10.0 Å². The Morgan fingerprint density at radius 3 is 1.58 bits per heavy atom. The van der Waals surface area contributed by atoms with E-state index in [-0.39, 0.29) is 24.9 Å². The number of anilines is 2. The number of rotatable bonds is 6. The first-order chi connectivity index (χ1) is 11.5. The van der Waals surface area contributed by atoms with Crippen LogP contribution in [0.4, 0.5) is 11.4 Å². The Morgan fingerprint density at radius 2 is 1.21 bits per heavy atom. The molecule has 0 saturated carbocycles. The van der Waals surface area contributed by atoms with Crippen molar-refractivity contribution in [3.63, 3.8) is 0 Å². The minimum absolute atomic E-state index is 0.0567. The van der Waals surface area contributed by atoms with Crippen molar-refractivity contribution >= 4 is 46.4 Å². The van der Waals surface area contributed by atoms with E-state index >= 15 is 0 Å². The monoisotopic (exact) mass is 365 g/mol. The number of benzene rings is 2. The number of carbonyl (C=O) groups is 2. The van der Waals surface area contributed by atoms with E-state index < -0.39 is 0 Å². The largest absolute Gasteiger partial charge is 0.324 e. The van der Waals surface area contributed by atoms with Gasteiger partial charge < -0.3 is 10.6 Å². The second-order valence-corrected chi connectivity index (χ2v) is 6.04. The van der Waals surface area contributed by atoms with Crippen molar-refractivity contribution in [1.82, 2.24) is 4.90 Å². The molecule has 126 valence electrons. The van der Waals surface area contributed by atoms with E-state index in [0.29, 0.717) is 21.4 Å². The molecule has 0 heterocycles. The van der Waals surface area contributed by atoms with Crippen molar-refractivity contribution in [2.75, 3.05) is 30.8 Å². The van der Waals surface area contributed by atoms with E-state index in [0.717, 1.165) is 0 Å². The first-order valence-corrected chi connectivity index (χ1v) is 7.98. The number of likely N-dealkylation sites (N-methyl/N-ethyl adjacent to an activating group) is 1. The Bertz CT molecular complexity index is 676. The lowest BCUT2D eigenvalue weighted by Gasteiger charge is -2.16. The Kier molecular flexibility index (Phi) is 6.61. The van der Waals surface area contributed by atoms with Gasteiger partial charge in [0, 0.05) is 0 Å². The second kappa shape index (κ2) is 8.68. The molecule has 0 fully saturated rings. The highest BCUT2D eigenvalue weighted by Crippen LogP contribution is 2.21. The third-order valence-electron chi connectivity index (χ3n) is 3.12. The lowest BCUT2D eigenvalue weighted by molar-refractivity contribution is -0.119. The summed E-state index contributed by atoms with van der Waals surface area (Å²) < 4.78 is 0. The van der Waals surface area contributed by atoms with E-state index in [1.54, 1.807) is 60.5 Å². The van der Waals surface area contributed by atoms with Crippen molar-refractivity contribution in [3.05, 3.63) is 58.6 Å². The third-order valence-corrected chi connectivity index (χ3v) is 3.78. The summed E-state index contributed by atoms with van der Waals surface area (Å²) in [7, 11) is 1.68. The van der Waals surface area contributed by atoms with Crippen LogP contribution in [-0.2, 0) is 9.59 Å². The van der Waals surface area contributed by atoms with Crippen molar-refractivity contribution < 1.29 is 9.59 Å². The first kappa shape index (κ1) is 18.3. The molecule has 0 saturated heterocycles. The van der Waals surface area contributed by atoms with Crippen LogP contribution >= 0.6 is 23.2 Å². The summed E-state index contributed by atoms with van der Waals surface area (Å²) in [6.07, 6.45) is 0. The molecule has 0 spiro atoms. The van der Waals surface area contributed by atoms with E-state index in [2.05, 4.69) is 10.6 Å². The Balaban J connectivity index is 1.83. The molecule has 2 aromatic carbocycles. The van der Waals surface area contributed by atoms with Gasteiger partial charge in [0.15, 0.2) is 0 Å². The number of hydrogen-bond acceptors (Lipinski definition) is 3. The summed E-state index contributed by atoms with van der Waals surface area (Å²) in [5.41, 5.74) is 1.08. The van der Waals surface area contributed by atoms with Gasteiger partial charge in [-0.2, -0.15) is 0 Å². The number of para-hydroxylation sites is 2. The first-order valence-electron chi connectivity index (χ1n) is 7.23. The summed E-state index contributed by atoms with van der Waals surface area (Å²) in [6, 6.07) is 13.9. The van der Waals surface area contributed by atoms with Gasteiger partial charge in [0.1, 0.15) is 0 Å². The number of amides is 2. The number of nitrogens with one attached hydrogen (secondary N) is 2. The highest BCUT2D eigenvalue weighted by atomic mass is 35.5. The molecular weight excluding hydrogens is 349 g/mol. The molecule has 24 heavy (non-hydrogen) atoms. The quantitative estimate of drug-likeness (QED) is 0.823. The van der Waals surface area contributed by atoms with Crippen LogP contribution in [0.3, 0.4) is 0 Å². The third kappa shape index (κ3) is 5.53. The molecule has 2 N–H and O–H groups in total. The summed E-state index contributed by atoms with van der Waals surface area (Å²) in [5, 5.41) is 6.34. The van der Waals surface area contributed by atoms with Gasteiger partial charge in [-0.25, -0.2) is 0 Å². The zero-order chi connectivity index (χ0) is 17.5. The predicted octanol–water partition coefficient (Wildman–Crippen LogP) is 3.50. The fourth-order valence-corrected chi connectivity index (χ4v) is 2.42. The van der Waals surface area contributed by atoms with Gasteiger partial charge in [-0.05, 0) is 31.3 Å². The van der Waals surface area contributed by atoms with E-state index in [1.807, 2.05) is 0 Å². The molecule has 7 heteroatoms. The van der Waals surface area contributed by atoms with Gasteiger partial charge in [-0.15, -0.1) is 0 Å². The SMILES string of the molecule is CN(CC(=O)Nc1ccccc1Cl)CC(=O)Nc1ccccc1Cl. The van der Waals surface area contributed by atoms with Crippen LogP contribution in [0, 0.1) is 0 Å². The lowest BCUT2D eigenvalue weighted by atomic mass is 10.3. The highest BCUT2D eigenvalue weighted by molar-refractivity contribution is 6.34. The normalized spacial score (nSPS) is 10.5. The van der Waals surface area contributed by atoms with Crippen LogP contribution in [0.15, 0.2) is 48.5 Å². The Morgan fingerprint density at radius 1 is 0.833 bits per heavy atom. The summed E-state index contributed by atoms with van der Waals surface area (Å²) in [4.78, 5) is 25.6. The van der Waals surface area contributed by atoms with Crippen molar-refractivity contribution in [2.24, 2.45) is 0 Å². The van der Waals surface area contributed by atoms with Gasteiger partial charge in [-0.3, -0.25) is 14.5 Å². The summed E-state index contributed by atoms with van der Waals surface area (Å²) in [6.45, 7) is 0.113. The molecule has 0 unspecified atom stereocenters. The predicted molar refractivity (Wildman–Crippen MR) is 97.7 cm³/mol. The zero-order valence-electron chi connectivity index (χ0n) is 13.1. The molecule has 0 bridgehead atoms. The molecular formula is C17H17Cl2N3O2.